The summed E-state index contributed by atoms with van der Waals surface area (Å²) in [5.41, 5.74) is 1.22. The van der Waals surface area contributed by atoms with E-state index in [1.54, 1.807) is 29.7 Å². The molecule has 1 aromatic heterocycles. The molecule has 2 unspecified atom stereocenters. The molecule has 29 heavy (non-hydrogen) atoms. The number of fused-ring (bicyclic) bond motifs is 1. The molecule has 0 radical (unpaired) electrons. The fourth-order valence-corrected chi connectivity index (χ4v) is 6.12. The molecule has 0 spiro atoms. The van der Waals surface area contributed by atoms with Crippen LogP contribution < -0.4 is 5.32 Å². The van der Waals surface area contributed by atoms with Gasteiger partial charge in [0, 0.05) is 24.4 Å². The number of hydrogen-bond acceptors (Lipinski definition) is 4. The Labute approximate surface area is 179 Å². The lowest BCUT2D eigenvalue weighted by molar-refractivity contribution is 0.0630. The Kier molecular flexibility index (Phi) is 5.66. The second-order valence-electron chi connectivity index (χ2n) is 8.43. The lowest BCUT2D eigenvalue weighted by atomic mass is 9.93. The van der Waals surface area contributed by atoms with E-state index in [9.17, 15) is 14.3 Å². The van der Waals surface area contributed by atoms with Gasteiger partial charge in [-0.3, -0.25) is 4.79 Å². The lowest BCUT2D eigenvalue weighted by Crippen LogP contribution is -2.29. The molecule has 0 aliphatic heterocycles. The van der Waals surface area contributed by atoms with Crippen molar-refractivity contribution in [3.63, 3.8) is 0 Å². The Morgan fingerprint density at radius 1 is 1.41 bits per heavy atom. The zero-order valence-electron chi connectivity index (χ0n) is 16.5. The maximum Gasteiger partial charge on any atom is 0.274 e. The smallest absolute Gasteiger partial charge is 0.274 e. The zero-order chi connectivity index (χ0) is 20.8. The molecule has 156 valence electrons. The first-order valence-corrected chi connectivity index (χ1v) is 11.6. The van der Waals surface area contributed by atoms with Crippen LogP contribution >= 0.6 is 23.4 Å². The number of aromatic nitrogens is 2. The predicted octanol–water partition coefficient (Wildman–Crippen LogP) is 4.46. The van der Waals surface area contributed by atoms with Crippen molar-refractivity contribution >= 4 is 35.0 Å². The van der Waals surface area contributed by atoms with Crippen LogP contribution in [0.4, 0.5) is 10.1 Å². The fraction of sp³-hybridized carbons (Fsp3) is 0.524. The predicted molar refractivity (Wildman–Crippen MR) is 114 cm³/mol. The third-order valence-corrected chi connectivity index (χ3v) is 7.40. The van der Waals surface area contributed by atoms with Gasteiger partial charge in [-0.25, -0.2) is 9.37 Å². The molecular weight excluding hydrogens is 413 g/mol. The van der Waals surface area contributed by atoms with Gasteiger partial charge in [0.05, 0.1) is 22.6 Å². The van der Waals surface area contributed by atoms with Gasteiger partial charge in [-0.05, 0) is 62.0 Å². The number of aryl methyl sites for hydroxylation is 1. The Morgan fingerprint density at radius 2 is 2.10 bits per heavy atom. The van der Waals surface area contributed by atoms with Crippen LogP contribution in [0.3, 0.4) is 0 Å². The van der Waals surface area contributed by atoms with Gasteiger partial charge in [0.2, 0.25) is 0 Å². The normalized spacial score (nSPS) is 28.5. The molecule has 2 N–H and O–H groups in total. The van der Waals surface area contributed by atoms with Crippen LogP contribution in [0.5, 0.6) is 0 Å². The van der Waals surface area contributed by atoms with E-state index in [-0.39, 0.29) is 16.8 Å². The van der Waals surface area contributed by atoms with Crippen LogP contribution in [0.2, 0.25) is 5.02 Å². The number of amides is 1. The topological polar surface area (TPSA) is 67.2 Å². The summed E-state index contributed by atoms with van der Waals surface area (Å²) in [6, 6.07) is 4.12. The molecule has 1 amide bonds. The van der Waals surface area contributed by atoms with E-state index in [1.807, 2.05) is 6.26 Å². The van der Waals surface area contributed by atoms with Crippen molar-refractivity contribution < 1.29 is 14.3 Å². The maximum atomic E-state index is 13.4. The minimum Gasteiger partial charge on any atom is -0.389 e. The van der Waals surface area contributed by atoms with E-state index in [2.05, 4.69) is 10.3 Å². The minimum absolute atomic E-state index is 0.0330. The highest BCUT2D eigenvalue weighted by Crippen LogP contribution is 2.54. The molecule has 2 aliphatic carbocycles. The average Bonchev–Trinajstić information content (AvgIpc) is 3.29. The number of halogens is 2. The highest BCUT2D eigenvalue weighted by molar-refractivity contribution is 7.98. The molecule has 2 aromatic rings. The standard InChI is InChI=1S/C21H25ClFN3O2S/c1-26-11-24-18(12-5-13-8-21(28,10-29-2)9-14(13)6-12)19(26)20(27)25-15-3-4-17(23)16(22)7-15/h3-4,7,11-14,28H,5-6,8-10H2,1-2H3,(H,25,27). The van der Waals surface area contributed by atoms with Crippen LogP contribution in [0.25, 0.3) is 0 Å². The highest BCUT2D eigenvalue weighted by atomic mass is 35.5. The van der Waals surface area contributed by atoms with E-state index in [0.29, 0.717) is 23.2 Å². The van der Waals surface area contributed by atoms with Crippen molar-refractivity contribution in [3.8, 4) is 0 Å². The second-order valence-corrected chi connectivity index (χ2v) is 9.70. The molecule has 1 aromatic carbocycles. The van der Waals surface area contributed by atoms with Crippen molar-refractivity contribution in [2.24, 2.45) is 18.9 Å². The largest absolute Gasteiger partial charge is 0.389 e. The van der Waals surface area contributed by atoms with Crippen LogP contribution in [0.1, 0.15) is 47.8 Å². The van der Waals surface area contributed by atoms with E-state index >= 15 is 0 Å². The first-order chi connectivity index (χ1) is 13.8. The summed E-state index contributed by atoms with van der Waals surface area (Å²) in [4.78, 5) is 17.5. The highest BCUT2D eigenvalue weighted by Gasteiger charge is 2.49. The SMILES string of the molecule is CSCC1(O)CC2CC(c3ncn(C)c3C(=O)Nc3ccc(F)c(Cl)c3)CC2C1. The average molecular weight is 438 g/mol. The molecule has 2 atom stereocenters. The number of benzene rings is 1. The summed E-state index contributed by atoms with van der Waals surface area (Å²) in [5.74, 6) is 1.14. The summed E-state index contributed by atoms with van der Waals surface area (Å²) in [5, 5.41) is 13.5. The van der Waals surface area contributed by atoms with E-state index < -0.39 is 11.4 Å². The van der Waals surface area contributed by atoms with Gasteiger partial charge in [0.1, 0.15) is 11.5 Å². The monoisotopic (exact) mass is 437 g/mol. The van der Waals surface area contributed by atoms with E-state index in [4.69, 9.17) is 11.6 Å². The van der Waals surface area contributed by atoms with Gasteiger partial charge in [-0.2, -0.15) is 11.8 Å². The van der Waals surface area contributed by atoms with E-state index in [1.165, 1.54) is 18.2 Å². The molecule has 4 rings (SSSR count). The molecule has 2 aliphatic rings. The third kappa shape index (κ3) is 4.05. The molecule has 2 saturated carbocycles. The molecule has 5 nitrogen and oxygen atoms in total. The Balaban J connectivity index is 1.50. The Morgan fingerprint density at radius 3 is 2.72 bits per heavy atom. The fourth-order valence-electron chi connectivity index (χ4n) is 5.17. The molecule has 2 fully saturated rings. The number of carbonyl (C=O) groups excluding carboxylic acids is 1. The van der Waals surface area contributed by atoms with Crippen molar-refractivity contribution in [1.29, 1.82) is 0 Å². The minimum atomic E-state index is -0.550. The van der Waals surface area contributed by atoms with Gasteiger partial charge in [0.25, 0.3) is 5.91 Å². The zero-order valence-corrected chi connectivity index (χ0v) is 18.1. The third-order valence-electron chi connectivity index (χ3n) is 6.28. The molecule has 0 saturated heterocycles. The number of nitrogens with one attached hydrogen (secondary N) is 1. The number of imidazole rings is 1. The molecule has 0 bridgehead atoms. The summed E-state index contributed by atoms with van der Waals surface area (Å²) in [7, 11) is 1.80. The van der Waals surface area contributed by atoms with Gasteiger partial charge < -0.3 is 15.0 Å². The lowest BCUT2D eigenvalue weighted by Gasteiger charge is -2.23. The Bertz CT molecular complexity index is 921. The van der Waals surface area contributed by atoms with Crippen LogP contribution in [-0.2, 0) is 7.05 Å². The summed E-state index contributed by atoms with van der Waals surface area (Å²) >= 11 is 7.52. The first-order valence-electron chi connectivity index (χ1n) is 9.78. The molecular formula is C21H25ClFN3O2S. The summed E-state index contributed by atoms with van der Waals surface area (Å²) in [6.45, 7) is 0. The number of anilines is 1. The summed E-state index contributed by atoms with van der Waals surface area (Å²) < 4.78 is 15.1. The van der Waals surface area contributed by atoms with Gasteiger partial charge in [0.15, 0.2) is 0 Å². The number of carbonyl (C=O) groups is 1. The van der Waals surface area contributed by atoms with Crippen molar-refractivity contribution in [1.82, 2.24) is 9.55 Å². The van der Waals surface area contributed by atoms with Gasteiger partial charge >= 0.3 is 0 Å². The van der Waals surface area contributed by atoms with Gasteiger partial charge in [-0.1, -0.05) is 11.6 Å². The summed E-state index contributed by atoms with van der Waals surface area (Å²) in [6.07, 6.45) is 7.25. The van der Waals surface area contributed by atoms with E-state index in [0.717, 1.165) is 37.1 Å². The number of aliphatic hydroxyl groups is 1. The molecule has 1 heterocycles. The number of rotatable bonds is 5. The number of thioether (sulfide) groups is 1. The van der Waals surface area contributed by atoms with Crippen molar-refractivity contribution in [2.45, 2.75) is 37.2 Å². The number of nitrogens with zero attached hydrogens (tertiary/aromatic N) is 2. The van der Waals surface area contributed by atoms with Crippen LogP contribution in [0, 0.1) is 17.7 Å². The quantitative estimate of drug-likeness (QED) is 0.724. The first kappa shape index (κ1) is 20.7. The Hall–Kier alpha value is -1.57. The van der Waals surface area contributed by atoms with Crippen LogP contribution in [-0.4, -0.2) is 38.2 Å². The maximum absolute atomic E-state index is 13.4. The molecule has 8 heteroatoms. The van der Waals surface area contributed by atoms with Gasteiger partial charge in [-0.15, -0.1) is 0 Å². The number of hydrogen-bond donors (Lipinski definition) is 2. The second kappa shape index (κ2) is 7.93. The van der Waals surface area contributed by atoms with Crippen molar-refractivity contribution in [2.75, 3.05) is 17.3 Å². The van der Waals surface area contributed by atoms with Crippen molar-refractivity contribution in [3.05, 3.63) is 46.8 Å². The van der Waals surface area contributed by atoms with Crippen LogP contribution in [0.15, 0.2) is 24.5 Å².